The number of phenolic OH excluding ortho intramolecular Hbond substituents is 3. The molecule has 3 fully saturated rings. The average Bonchev–Trinajstić information content (AvgIpc) is 0.701. The van der Waals surface area contributed by atoms with E-state index in [0.29, 0.717) is 35.0 Å². The predicted molar refractivity (Wildman–Crippen MR) is 468 cm³/mol. The topological polar surface area (TPSA) is 525 Å². The second-order valence-electron chi connectivity index (χ2n) is 29.5. The molecule has 0 aliphatic heterocycles. The molecule has 121 heavy (non-hydrogen) atoms. The summed E-state index contributed by atoms with van der Waals surface area (Å²) in [5, 5.41) is 148. The molecule has 29 nitrogen and oxygen atoms in total. The molecule has 9 aliphatic rings. The Balaban J connectivity index is 0.000000286. The molecule has 3 saturated carbocycles. The van der Waals surface area contributed by atoms with Gasteiger partial charge in [0.1, 0.15) is 68.5 Å². The summed E-state index contributed by atoms with van der Waals surface area (Å²) in [6, 6.07) is 25.7. The van der Waals surface area contributed by atoms with E-state index in [1.54, 1.807) is 90.8 Å². The number of hydrogen-bond acceptors (Lipinski definition) is 26. The molecule has 5 aromatic carbocycles. The van der Waals surface area contributed by atoms with Crippen LogP contribution in [0.5, 0.6) is 17.2 Å². The van der Waals surface area contributed by atoms with Gasteiger partial charge in [0.25, 0.3) is 17.7 Å². The van der Waals surface area contributed by atoms with Crippen molar-refractivity contribution in [2.24, 2.45) is 52.7 Å². The van der Waals surface area contributed by atoms with E-state index in [2.05, 4.69) is 52.9 Å². The minimum atomic E-state index is -2.64. The van der Waals surface area contributed by atoms with E-state index in [1.807, 2.05) is 64.1 Å². The van der Waals surface area contributed by atoms with Gasteiger partial charge in [0, 0.05) is 74.7 Å². The number of primary amides is 3. The van der Waals surface area contributed by atoms with Gasteiger partial charge < -0.3 is 88.5 Å². The number of Topliss-reactive ketones (excluding diaryl/α,β-unsaturated/α-hetero) is 6. The van der Waals surface area contributed by atoms with E-state index in [1.165, 1.54) is 40.0 Å². The third-order valence-corrected chi connectivity index (χ3v) is 23.2. The normalized spacial score (nSPS) is 24.8. The number of carbonyl (C=O) groups is 9. The summed E-state index contributed by atoms with van der Waals surface area (Å²) in [7, 11) is 23.8. The number of nitrogens with two attached hydrogens (primary N) is 3. The number of rotatable bonds is 9. The van der Waals surface area contributed by atoms with Crippen molar-refractivity contribution >= 4 is 142 Å². The van der Waals surface area contributed by atoms with Gasteiger partial charge in [-0.15, -0.1) is 0 Å². The van der Waals surface area contributed by atoms with Crippen molar-refractivity contribution in [3.63, 3.8) is 0 Å². The standard InChI is InChI=1S/C27H26N2O7.C21H21IN2O7.C21H22N2O7.C6H7BO2.C5H4.2C2H6.CH4.B5/c1-29(2)21-16-11-13-10-15-14(12-6-4-3-5-7-12)8-9-17(30)19(15)22(31)18(13)24(33)27(16,36)25(34)20(23(21)32)26(28)35;1-24(2)15-9-6-7-5-8-10(22)3-4-11(25)13(8)16(26)12(7)18(28)21(9,31)19(29)14(17(15)27)20(23)30;1-23(2)15-10-7-9-6-8-4-3-5-11(24)12(8)16(25)13(9)18(27)21(10,30)19(28)14(17(15)26)20(22)29;8-7(9)6-4-2-1-3-5-6;1-3-5-4-2;2*1-2;;1-4-5(2)3/h3-9,13,16,21,30-31,34,36H,10-11H2,1-2H3,(H2,28,35);3-4,7,9,15,25-26,29,31H,5-6H2,1-2H3,(H2,23,30);3-5,9-10,15,24-25,28,30H,6-7H2,1-2H3,(H2,22,29);1-5,8-9H;1-2H2;2*1-2H3;1H4;/p+1/t13?,16?,21-,27-;7?,9?,15-,21-;9?,10?,15-,21-;;;;;;/m000....../s1. The van der Waals surface area contributed by atoms with E-state index < -0.39 is 188 Å². The van der Waals surface area contributed by atoms with Crippen molar-refractivity contribution in [3.05, 3.63) is 221 Å². The van der Waals surface area contributed by atoms with Gasteiger partial charge >= 0.3 is 8.55 Å². The van der Waals surface area contributed by atoms with Crippen molar-refractivity contribution in [1.82, 2.24) is 14.7 Å². The molecule has 36 heteroatoms. The highest BCUT2D eigenvalue weighted by atomic mass is 127. The maximum absolute atomic E-state index is 13.8. The first-order valence-corrected chi connectivity index (χ1v) is 38.9. The van der Waals surface area contributed by atoms with Crippen LogP contribution in [0.25, 0.3) is 28.4 Å². The summed E-state index contributed by atoms with van der Waals surface area (Å²) in [6.07, 6.45) is 0.585. The van der Waals surface area contributed by atoms with E-state index in [-0.39, 0.29) is 85.2 Å². The zero-order valence-electron chi connectivity index (χ0n) is 68.5. The molecular weight excluding hydrogens is 1660 g/mol. The Morgan fingerprint density at radius 1 is 0.496 bits per heavy atom. The molecule has 0 bridgehead atoms. The Morgan fingerprint density at radius 3 is 1.14 bits per heavy atom. The van der Waals surface area contributed by atoms with E-state index in [4.69, 9.17) is 50.5 Å². The number of nitrogens with zero attached hydrogens (tertiary/aromatic N) is 3. The molecule has 20 N–H and O–H groups in total. The molecule has 12 atom stereocenters. The van der Waals surface area contributed by atoms with Crippen molar-refractivity contribution in [2.75, 3.05) is 42.3 Å². The highest BCUT2D eigenvalue weighted by Crippen LogP contribution is 2.57. The predicted octanol–water partition coefficient (Wildman–Crippen LogP) is 3.69. The lowest BCUT2D eigenvalue weighted by Crippen LogP contribution is -2.65. The van der Waals surface area contributed by atoms with Gasteiger partial charge in [0.15, 0.2) is 34.2 Å². The van der Waals surface area contributed by atoms with Crippen LogP contribution in [0.4, 0.5) is 0 Å². The Labute approximate surface area is 721 Å². The van der Waals surface area contributed by atoms with Crippen LogP contribution in [0.15, 0.2) is 184 Å². The molecule has 7 radical (unpaired) electrons. The maximum Gasteiger partial charge on any atom is 1.00 e. The second kappa shape index (κ2) is 40.2. The smallest absolute Gasteiger partial charge is 0.508 e. The first kappa shape index (κ1) is 98.9. The molecule has 9 aliphatic carbocycles. The van der Waals surface area contributed by atoms with Crippen molar-refractivity contribution in [3.8, 4) is 28.4 Å². The van der Waals surface area contributed by atoms with Crippen LogP contribution in [-0.2, 0) is 62.4 Å². The van der Waals surface area contributed by atoms with Crippen LogP contribution in [-0.4, -0.2) is 259 Å². The Bertz CT molecular complexity index is 5260. The summed E-state index contributed by atoms with van der Waals surface area (Å²) in [6.45, 7) is 14.4. The lowest BCUT2D eigenvalue weighted by atomic mass is 8.97. The van der Waals surface area contributed by atoms with Crippen LogP contribution < -0.4 is 22.7 Å². The number of fused-ring (bicyclic) bond motifs is 9. The van der Waals surface area contributed by atoms with E-state index in [9.17, 15) is 104 Å². The average molecular weight is 1760 g/mol. The van der Waals surface area contributed by atoms with Gasteiger partial charge in [0.2, 0.25) is 17.3 Å². The van der Waals surface area contributed by atoms with Gasteiger partial charge in [-0.05, 0) is 198 Å². The third-order valence-electron chi connectivity index (χ3n) is 22.2. The first-order valence-electron chi connectivity index (χ1n) is 37.8. The molecule has 6 unspecified atom stereocenters. The van der Waals surface area contributed by atoms with E-state index in [0.717, 1.165) is 14.7 Å². The minimum absolute atomic E-state index is 0. The molecular formula is C85H97B6IN6O23+. The number of ketones is 6. The quantitative estimate of drug-likeness (QED) is 0.0433. The molecule has 3 amide bonds. The number of phenols is 3. The summed E-state index contributed by atoms with van der Waals surface area (Å²) in [5.41, 5.74) is 16.5. The first-order chi connectivity index (χ1) is 56.4. The largest absolute Gasteiger partial charge is 1.00 e. The summed E-state index contributed by atoms with van der Waals surface area (Å²) < 4.78 is 0.784. The van der Waals surface area contributed by atoms with Gasteiger partial charge in [-0.2, -0.15) is 0 Å². The number of aromatic hydroxyl groups is 3. The summed E-state index contributed by atoms with van der Waals surface area (Å²) >= 11 is 2.07. The molecule has 0 spiro atoms. The number of carbonyl (C=O) groups excluding carboxylic acids is 9. The molecule has 0 aromatic heterocycles. The van der Waals surface area contributed by atoms with Gasteiger partial charge in [-0.1, -0.05) is 125 Å². The number of aliphatic hydroxyl groups excluding tert-OH is 6. The fourth-order valence-corrected chi connectivity index (χ4v) is 17.9. The number of benzene rings is 5. The van der Waals surface area contributed by atoms with Crippen molar-refractivity contribution < 1.29 is 116 Å². The molecule has 0 saturated heterocycles. The zero-order valence-corrected chi connectivity index (χ0v) is 69.7. The van der Waals surface area contributed by atoms with Crippen LogP contribution >= 0.6 is 22.6 Å². The zero-order chi connectivity index (χ0) is 90.3. The third kappa shape index (κ3) is 18.1. The lowest BCUT2D eigenvalue weighted by molar-refractivity contribution is -0.155. The van der Waals surface area contributed by atoms with Gasteiger partial charge in [-0.25, -0.2) is 0 Å². The van der Waals surface area contributed by atoms with Gasteiger partial charge in [0.05, 0.1) is 34.8 Å². The lowest BCUT2D eigenvalue weighted by Gasteiger charge is -2.50. The van der Waals surface area contributed by atoms with Crippen LogP contribution in [0.1, 0.15) is 89.2 Å². The second-order valence-corrected chi connectivity index (χ2v) is 30.7. The molecule has 14 rings (SSSR count). The Kier molecular flexibility index (Phi) is 32.8. The summed E-state index contributed by atoms with van der Waals surface area (Å²) in [5.74, 6) is -19.5. The van der Waals surface area contributed by atoms with Crippen LogP contribution in [0.3, 0.4) is 0 Å². The number of halogens is 1. The SMILES string of the molecule is C.C=C=C=C=C.CC.CC.CN(C)[C@@H]1C(=O)C(C(N)=O)=C(O)[C@@]2(O)C(=O)C3=C(O)c4c(O)ccc(-c5ccccc5)c4CC3CC12.CN(C)[C@@H]1C(=O)C(C(N)=O)=C(O)[C@@]2(O)C(=O)C3=C(O)c4c(O)ccc(I)c4CC3CC12.CN(C)[C@@H]1C(=O)C(C(N)=O)=C(O)[C@@]2(O)C(=O)C3=C(O)c4c(O)cccc4CC3CC12.OB(O)c1ccccc1.[B][B]B([B])[B].[H+]. The number of amides is 3. The molecule has 629 valence electrons. The van der Waals surface area contributed by atoms with Gasteiger partial charge in [-0.3, -0.25) is 57.9 Å². The Morgan fingerprint density at radius 2 is 0.818 bits per heavy atom. The maximum atomic E-state index is 13.8. The number of likely N-dealkylation sites (N-methyl/N-ethyl adjacent to an activating group) is 3. The van der Waals surface area contributed by atoms with Crippen LogP contribution in [0.2, 0.25) is 0 Å². The molecule has 5 aromatic rings. The van der Waals surface area contributed by atoms with Crippen molar-refractivity contribution in [2.45, 2.75) is 109 Å². The number of aliphatic hydroxyl groups is 9. The summed E-state index contributed by atoms with van der Waals surface area (Å²) in [4.78, 5) is 120. The Hall–Kier alpha value is -11.0. The number of hydrogen-bond donors (Lipinski definition) is 17. The highest BCUT2D eigenvalue weighted by molar-refractivity contribution is 14.1. The molecule has 0 heterocycles. The minimum Gasteiger partial charge on any atom is -0.508 e. The van der Waals surface area contributed by atoms with E-state index >= 15 is 0 Å². The van der Waals surface area contributed by atoms with Crippen molar-refractivity contribution in [1.29, 1.82) is 0 Å². The highest BCUT2D eigenvalue weighted by Gasteiger charge is 2.68. The monoisotopic (exact) mass is 1760 g/mol. The fourth-order valence-electron chi connectivity index (χ4n) is 17.2. The van der Waals surface area contributed by atoms with Crippen LogP contribution in [0, 0.1) is 39.1 Å². The fraction of sp³-hybridized carbons (Fsp3) is 0.341.